The SMILES string of the molecule is CC(=O)N1CCC(Nc2cc(C(=O)NCC(O)CN3CCc4[nH]nc(-c5ccccc5)c4C3)ncn2)CC1. The van der Waals surface area contributed by atoms with E-state index >= 15 is 0 Å². The second-order valence-electron chi connectivity index (χ2n) is 9.96. The summed E-state index contributed by atoms with van der Waals surface area (Å²) in [6, 6.07) is 11.9. The number of hydrogen-bond donors (Lipinski definition) is 4. The molecule has 1 atom stereocenters. The molecular formula is C27H34N8O3. The molecule has 0 spiro atoms. The average molecular weight is 519 g/mol. The summed E-state index contributed by atoms with van der Waals surface area (Å²) in [5.74, 6) is 0.309. The standard InChI is InChI=1S/C27H34N8O3/c1-18(36)35-11-7-20(8-12-35)31-25-13-24(29-17-30-25)27(38)28-14-21(37)15-34-10-9-23-22(16-34)26(33-32-23)19-5-3-2-4-6-19/h2-6,13,17,20-21,37H,7-12,14-16H2,1H3,(H,28,38)(H,32,33)(H,29,30,31). The number of anilines is 1. The maximum absolute atomic E-state index is 12.7. The summed E-state index contributed by atoms with van der Waals surface area (Å²) in [5.41, 5.74) is 4.56. The molecular weight excluding hydrogens is 484 g/mol. The van der Waals surface area contributed by atoms with E-state index < -0.39 is 6.10 Å². The van der Waals surface area contributed by atoms with Gasteiger partial charge in [0.05, 0.1) is 11.8 Å². The van der Waals surface area contributed by atoms with Crippen LogP contribution in [0.3, 0.4) is 0 Å². The summed E-state index contributed by atoms with van der Waals surface area (Å²) in [6.07, 6.45) is 3.11. The zero-order chi connectivity index (χ0) is 26.5. The first kappa shape index (κ1) is 25.8. The van der Waals surface area contributed by atoms with E-state index in [9.17, 15) is 14.7 Å². The van der Waals surface area contributed by atoms with Gasteiger partial charge >= 0.3 is 0 Å². The van der Waals surface area contributed by atoms with Crippen LogP contribution in [0.15, 0.2) is 42.7 Å². The van der Waals surface area contributed by atoms with Crippen molar-refractivity contribution in [2.75, 3.05) is 38.0 Å². The van der Waals surface area contributed by atoms with Gasteiger partial charge in [-0.2, -0.15) is 5.10 Å². The van der Waals surface area contributed by atoms with Gasteiger partial charge in [-0.25, -0.2) is 9.97 Å². The highest BCUT2D eigenvalue weighted by atomic mass is 16.3. The molecule has 2 aliphatic heterocycles. The zero-order valence-electron chi connectivity index (χ0n) is 21.6. The van der Waals surface area contributed by atoms with Gasteiger partial charge in [-0.3, -0.25) is 19.6 Å². The average Bonchev–Trinajstić information content (AvgIpc) is 3.36. The number of aliphatic hydroxyl groups excluding tert-OH is 1. The normalized spacial score (nSPS) is 17.1. The van der Waals surface area contributed by atoms with Gasteiger partial charge in [0.1, 0.15) is 17.8 Å². The van der Waals surface area contributed by atoms with E-state index in [4.69, 9.17) is 0 Å². The zero-order valence-corrected chi connectivity index (χ0v) is 21.6. The molecule has 0 aliphatic carbocycles. The van der Waals surface area contributed by atoms with Gasteiger partial charge in [-0.05, 0) is 12.8 Å². The first-order valence-corrected chi connectivity index (χ1v) is 13.1. The molecule has 38 heavy (non-hydrogen) atoms. The molecule has 0 saturated carbocycles. The maximum atomic E-state index is 12.7. The predicted molar refractivity (Wildman–Crippen MR) is 142 cm³/mol. The van der Waals surface area contributed by atoms with Crippen LogP contribution >= 0.6 is 0 Å². The Labute approximate surface area is 221 Å². The van der Waals surface area contributed by atoms with Gasteiger partial charge in [0.25, 0.3) is 5.91 Å². The smallest absolute Gasteiger partial charge is 0.270 e. The molecule has 5 rings (SSSR count). The van der Waals surface area contributed by atoms with Crippen LogP contribution in [0.25, 0.3) is 11.3 Å². The fourth-order valence-corrected chi connectivity index (χ4v) is 5.11. The maximum Gasteiger partial charge on any atom is 0.270 e. The fourth-order valence-electron chi connectivity index (χ4n) is 5.11. The number of fused-ring (bicyclic) bond motifs is 1. The van der Waals surface area contributed by atoms with Crippen LogP contribution in [-0.2, 0) is 17.8 Å². The van der Waals surface area contributed by atoms with Crippen LogP contribution in [0.5, 0.6) is 0 Å². The predicted octanol–water partition coefficient (Wildman–Crippen LogP) is 1.44. The molecule has 1 aromatic carbocycles. The number of likely N-dealkylation sites (tertiary alicyclic amines) is 1. The summed E-state index contributed by atoms with van der Waals surface area (Å²) < 4.78 is 0. The van der Waals surface area contributed by atoms with Crippen LogP contribution in [0, 0.1) is 0 Å². The van der Waals surface area contributed by atoms with Crippen molar-refractivity contribution in [1.82, 2.24) is 35.3 Å². The molecule has 2 aliphatic rings. The van der Waals surface area contributed by atoms with Crippen molar-refractivity contribution in [2.45, 2.75) is 44.9 Å². The number of β-amino-alcohol motifs (C(OH)–C–C–N with tert-alkyl or cyclic N) is 1. The second kappa shape index (κ2) is 11.7. The van der Waals surface area contributed by atoms with E-state index in [0.717, 1.165) is 48.3 Å². The van der Waals surface area contributed by atoms with Crippen LogP contribution in [0.4, 0.5) is 5.82 Å². The number of H-pyrrole nitrogens is 1. The van der Waals surface area contributed by atoms with Crippen molar-refractivity contribution in [1.29, 1.82) is 0 Å². The third-order valence-corrected chi connectivity index (χ3v) is 7.22. The Morgan fingerprint density at radius 3 is 2.71 bits per heavy atom. The molecule has 11 nitrogen and oxygen atoms in total. The Morgan fingerprint density at radius 1 is 1.16 bits per heavy atom. The third-order valence-electron chi connectivity index (χ3n) is 7.22. The molecule has 0 bridgehead atoms. The number of carbonyl (C=O) groups is 2. The molecule has 0 radical (unpaired) electrons. The van der Waals surface area contributed by atoms with Crippen molar-refractivity contribution in [3.05, 3.63) is 59.7 Å². The van der Waals surface area contributed by atoms with Crippen LogP contribution in [0.2, 0.25) is 0 Å². The largest absolute Gasteiger partial charge is 0.390 e. The van der Waals surface area contributed by atoms with Crippen LogP contribution in [-0.4, -0.2) is 91.8 Å². The highest BCUT2D eigenvalue weighted by Crippen LogP contribution is 2.28. The summed E-state index contributed by atoms with van der Waals surface area (Å²) in [7, 11) is 0. The molecule has 4 N–H and O–H groups in total. The van der Waals surface area contributed by atoms with E-state index in [-0.39, 0.29) is 30.1 Å². The quantitative estimate of drug-likeness (QED) is 0.351. The van der Waals surface area contributed by atoms with Crippen molar-refractivity contribution >= 4 is 17.6 Å². The van der Waals surface area contributed by atoms with Gasteiger partial charge in [0.15, 0.2) is 0 Å². The molecule has 1 fully saturated rings. The van der Waals surface area contributed by atoms with E-state index in [1.807, 2.05) is 35.2 Å². The number of aliphatic hydroxyl groups is 1. The topological polar surface area (TPSA) is 139 Å². The Bertz CT molecular complexity index is 1260. The highest BCUT2D eigenvalue weighted by Gasteiger charge is 2.25. The minimum atomic E-state index is -0.724. The number of piperidine rings is 1. The third kappa shape index (κ3) is 6.17. The van der Waals surface area contributed by atoms with Crippen LogP contribution < -0.4 is 10.6 Å². The molecule has 4 heterocycles. The van der Waals surface area contributed by atoms with Crippen LogP contribution in [0.1, 0.15) is 41.5 Å². The number of carbonyl (C=O) groups excluding carboxylic acids is 2. The van der Waals surface area contributed by atoms with Gasteiger partial charge in [-0.1, -0.05) is 30.3 Å². The molecule has 1 unspecified atom stereocenters. The lowest BCUT2D eigenvalue weighted by molar-refractivity contribution is -0.129. The number of nitrogens with zero attached hydrogens (tertiary/aromatic N) is 5. The van der Waals surface area contributed by atoms with Gasteiger partial charge in [0.2, 0.25) is 5.91 Å². The van der Waals surface area contributed by atoms with Crippen molar-refractivity contribution in [3.8, 4) is 11.3 Å². The van der Waals surface area contributed by atoms with E-state index in [2.05, 4.69) is 35.7 Å². The lowest BCUT2D eigenvalue weighted by Crippen LogP contribution is -2.42. The summed E-state index contributed by atoms with van der Waals surface area (Å²) in [4.78, 5) is 36.6. The fraction of sp³-hybridized carbons (Fsp3) is 0.444. The molecule has 1 saturated heterocycles. The van der Waals surface area contributed by atoms with Crippen molar-refractivity contribution < 1.29 is 14.7 Å². The molecule has 11 heteroatoms. The van der Waals surface area contributed by atoms with Crippen molar-refractivity contribution in [3.63, 3.8) is 0 Å². The first-order valence-electron chi connectivity index (χ1n) is 13.1. The summed E-state index contributed by atoms with van der Waals surface area (Å²) in [6.45, 7) is 5.05. The Hall–Kier alpha value is -3.83. The number of aromatic amines is 1. The minimum Gasteiger partial charge on any atom is -0.390 e. The first-order chi connectivity index (χ1) is 18.5. The number of amides is 2. The van der Waals surface area contributed by atoms with Gasteiger partial charge < -0.3 is 20.6 Å². The van der Waals surface area contributed by atoms with Crippen molar-refractivity contribution in [2.24, 2.45) is 0 Å². The number of aromatic nitrogens is 4. The Kier molecular flexibility index (Phi) is 7.94. The molecule has 2 aromatic heterocycles. The lowest BCUT2D eigenvalue weighted by atomic mass is 10.0. The minimum absolute atomic E-state index is 0.0927. The summed E-state index contributed by atoms with van der Waals surface area (Å²) in [5, 5.41) is 24.5. The Balaban J connectivity index is 1.10. The number of benzene rings is 1. The van der Waals surface area contributed by atoms with Gasteiger partial charge in [-0.15, -0.1) is 0 Å². The number of nitrogens with one attached hydrogen (secondary N) is 3. The lowest BCUT2D eigenvalue weighted by Gasteiger charge is -2.31. The number of rotatable bonds is 8. The number of hydrogen-bond acceptors (Lipinski definition) is 8. The molecule has 200 valence electrons. The molecule has 2 amide bonds. The van der Waals surface area contributed by atoms with E-state index in [0.29, 0.717) is 32.0 Å². The van der Waals surface area contributed by atoms with E-state index in [1.165, 1.54) is 6.33 Å². The van der Waals surface area contributed by atoms with E-state index in [1.54, 1.807) is 13.0 Å². The molecule has 3 aromatic rings. The Morgan fingerprint density at radius 2 is 1.95 bits per heavy atom. The van der Waals surface area contributed by atoms with Gasteiger partial charge in [0, 0.05) is 81.5 Å². The highest BCUT2D eigenvalue weighted by molar-refractivity contribution is 5.92. The second-order valence-corrected chi connectivity index (χ2v) is 9.96. The summed E-state index contributed by atoms with van der Waals surface area (Å²) >= 11 is 0. The monoisotopic (exact) mass is 518 g/mol.